The molecule has 0 spiro atoms. The highest BCUT2D eigenvalue weighted by molar-refractivity contribution is 5.82. The second-order valence-electron chi connectivity index (χ2n) is 5.64. The molecule has 2 nitrogen and oxygen atoms in total. The number of aromatic nitrogens is 1. The van der Waals surface area contributed by atoms with Crippen molar-refractivity contribution >= 4 is 11.9 Å². The SMILES string of the molecule is Cc1cccc(C=Nc2ccc3c(c2)Cc2ccccc2-3)n1. The fraction of sp³-hybridized carbons (Fsp3) is 0.100. The molecule has 0 atom stereocenters. The Hall–Kier alpha value is -2.74. The second-order valence-corrected chi connectivity index (χ2v) is 5.64. The molecule has 1 aliphatic rings. The van der Waals surface area contributed by atoms with E-state index in [0.717, 1.165) is 23.5 Å². The van der Waals surface area contributed by atoms with E-state index < -0.39 is 0 Å². The van der Waals surface area contributed by atoms with Gasteiger partial charge in [-0.1, -0.05) is 36.4 Å². The summed E-state index contributed by atoms with van der Waals surface area (Å²) in [6, 6.07) is 21.0. The Balaban J connectivity index is 1.65. The molecule has 0 fully saturated rings. The van der Waals surface area contributed by atoms with Crippen LogP contribution in [0, 0.1) is 6.92 Å². The summed E-state index contributed by atoms with van der Waals surface area (Å²) in [5.74, 6) is 0. The van der Waals surface area contributed by atoms with Crippen molar-refractivity contribution in [1.29, 1.82) is 0 Å². The van der Waals surface area contributed by atoms with Gasteiger partial charge in [0, 0.05) is 5.69 Å². The van der Waals surface area contributed by atoms with Gasteiger partial charge < -0.3 is 0 Å². The summed E-state index contributed by atoms with van der Waals surface area (Å²) in [5.41, 5.74) is 8.33. The number of nitrogens with zero attached hydrogens (tertiary/aromatic N) is 2. The minimum atomic E-state index is 0.892. The van der Waals surface area contributed by atoms with E-state index in [4.69, 9.17) is 0 Å². The molecule has 2 aromatic carbocycles. The summed E-state index contributed by atoms with van der Waals surface area (Å²) in [6.07, 6.45) is 2.83. The molecule has 0 bridgehead atoms. The highest BCUT2D eigenvalue weighted by Crippen LogP contribution is 2.37. The standard InChI is InChI=1S/C20H16N2/c1-14-5-4-7-18(22-14)13-21-17-9-10-20-16(12-17)11-15-6-2-3-8-19(15)20/h2-10,12-13H,11H2,1H3. The summed E-state index contributed by atoms with van der Waals surface area (Å²) in [5, 5.41) is 0. The van der Waals surface area contributed by atoms with E-state index in [2.05, 4.69) is 52.4 Å². The molecule has 1 aromatic heterocycles. The Labute approximate surface area is 130 Å². The predicted molar refractivity (Wildman–Crippen MR) is 90.9 cm³/mol. The lowest BCUT2D eigenvalue weighted by atomic mass is 10.1. The summed E-state index contributed by atoms with van der Waals surface area (Å²) in [7, 11) is 0. The van der Waals surface area contributed by atoms with E-state index in [1.165, 1.54) is 22.3 Å². The van der Waals surface area contributed by atoms with Crippen LogP contribution in [-0.4, -0.2) is 11.2 Å². The highest BCUT2D eigenvalue weighted by Gasteiger charge is 2.17. The van der Waals surface area contributed by atoms with Crippen LogP contribution in [0.1, 0.15) is 22.5 Å². The highest BCUT2D eigenvalue weighted by atomic mass is 14.8. The number of aryl methyl sites for hydroxylation is 1. The van der Waals surface area contributed by atoms with Crippen LogP contribution >= 0.6 is 0 Å². The molecule has 0 unspecified atom stereocenters. The van der Waals surface area contributed by atoms with Gasteiger partial charge in [0.25, 0.3) is 0 Å². The Kier molecular flexibility index (Phi) is 3.08. The first-order valence-corrected chi connectivity index (χ1v) is 7.48. The van der Waals surface area contributed by atoms with E-state index >= 15 is 0 Å². The Morgan fingerprint density at radius 1 is 0.909 bits per heavy atom. The first kappa shape index (κ1) is 13.0. The number of hydrogen-bond donors (Lipinski definition) is 0. The average molecular weight is 284 g/mol. The van der Waals surface area contributed by atoms with Crippen LogP contribution in [0.2, 0.25) is 0 Å². The molecular formula is C20H16N2. The van der Waals surface area contributed by atoms with Crippen molar-refractivity contribution in [3.63, 3.8) is 0 Å². The number of benzene rings is 2. The Morgan fingerprint density at radius 2 is 1.77 bits per heavy atom. The van der Waals surface area contributed by atoms with Gasteiger partial charge in [0.05, 0.1) is 17.6 Å². The normalized spacial score (nSPS) is 12.4. The number of rotatable bonds is 2. The smallest absolute Gasteiger partial charge is 0.0815 e. The maximum atomic E-state index is 4.57. The molecule has 3 aromatic rings. The van der Waals surface area contributed by atoms with Gasteiger partial charge in [-0.2, -0.15) is 0 Å². The minimum Gasteiger partial charge on any atom is -0.255 e. The topological polar surface area (TPSA) is 25.2 Å². The van der Waals surface area contributed by atoms with Crippen molar-refractivity contribution in [1.82, 2.24) is 4.98 Å². The van der Waals surface area contributed by atoms with Gasteiger partial charge in [-0.25, -0.2) is 0 Å². The van der Waals surface area contributed by atoms with Crippen molar-refractivity contribution in [3.05, 3.63) is 83.2 Å². The molecule has 2 heteroatoms. The molecule has 0 saturated heterocycles. The molecule has 22 heavy (non-hydrogen) atoms. The summed E-state index contributed by atoms with van der Waals surface area (Å²) in [6.45, 7) is 1.99. The van der Waals surface area contributed by atoms with Crippen molar-refractivity contribution in [2.45, 2.75) is 13.3 Å². The molecule has 0 radical (unpaired) electrons. The van der Waals surface area contributed by atoms with E-state index in [9.17, 15) is 0 Å². The van der Waals surface area contributed by atoms with Crippen LogP contribution in [0.3, 0.4) is 0 Å². The second kappa shape index (κ2) is 5.23. The van der Waals surface area contributed by atoms with Crippen LogP contribution in [-0.2, 0) is 6.42 Å². The molecule has 106 valence electrons. The molecule has 1 aliphatic carbocycles. The third-order valence-electron chi connectivity index (χ3n) is 4.03. The number of fused-ring (bicyclic) bond motifs is 3. The van der Waals surface area contributed by atoms with Gasteiger partial charge in [-0.05, 0) is 59.9 Å². The molecular weight excluding hydrogens is 268 g/mol. The van der Waals surface area contributed by atoms with E-state index in [1.54, 1.807) is 0 Å². The number of hydrogen-bond acceptors (Lipinski definition) is 2. The Morgan fingerprint density at radius 3 is 2.68 bits per heavy atom. The number of aliphatic imine (C=N–C) groups is 1. The van der Waals surface area contributed by atoms with Crippen LogP contribution < -0.4 is 0 Å². The third-order valence-corrected chi connectivity index (χ3v) is 4.03. The minimum absolute atomic E-state index is 0.892. The van der Waals surface area contributed by atoms with Crippen LogP contribution in [0.5, 0.6) is 0 Å². The van der Waals surface area contributed by atoms with E-state index in [1.807, 2.05) is 31.3 Å². The monoisotopic (exact) mass is 284 g/mol. The summed E-state index contributed by atoms with van der Waals surface area (Å²) in [4.78, 5) is 9.01. The van der Waals surface area contributed by atoms with Crippen molar-refractivity contribution in [2.75, 3.05) is 0 Å². The fourth-order valence-corrected chi connectivity index (χ4v) is 2.99. The van der Waals surface area contributed by atoms with Crippen molar-refractivity contribution in [2.24, 2.45) is 4.99 Å². The first-order valence-electron chi connectivity index (χ1n) is 7.48. The number of pyridine rings is 1. The lowest BCUT2D eigenvalue weighted by Gasteiger charge is -2.01. The zero-order valence-electron chi connectivity index (χ0n) is 12.5. The molecule has 0 aliphatic heterocycles. The third kappa shape index (κ3) is 2.33. The lowest BCUT2D eigenvalue weighted by Crippen LogP contribution is -1.88. The zero-order chi connectivity index (χ0) is 14.9. The fourth-order valence-electron chi connectivity index (χ4n) is 2.99. The van der Waals surface area contributed by atoms with Crippen LogP contribution in [0.4, 0.5) is 5.69 Å². The molecule has 0 saturated carbocycles. The molecule has 0 amide bonds. The quantitative estimate of drug-likeness (QED) is 0.489. The molecule has 0 N–H and O–H groups in total. The largest absolute Gasteiger partial charge is 0.255 e. The maximum absolute atomic E-state index is 4.57. The van der Waals surface area contributed by atoms with Crippen molar-refractivity contribution in [3.8, 4) is 11.1 Å². The lowest BCUT2D eigenvalue weighted by molar-refractivity contribution is 1.18. The average Bonchev–Trinajstić information content (AvgIpc) is 2.91. The van der Waals surface area contributed by atoms with Gasteiger partial charge in [0.1, 0.15) is 0 Å². The molecule has 1 heterocycles. The van der Waals surface area contributed by atoms with Gasteiger partial charge in [-0.15, -0.1) is 0 Å². The van der Waals surface area contributed by atoms with Gasteiger partial charge in [0.15, 0.2) is 0 Å². The van der Waals surface area contributed by atoms with E-state index in [-0.39, 0.29) is 0 Å². The van der Waals surface area contributed by atoms with Gasteiger partial charge in [-0.3, -0.25) is 9.98 Å². The molecule has 4 rings (SSSR count). The maximum Gasteiger partial charge on any atom is 0.0815 e. The van der Waals surface area contributed by atoms with Crippen LogP contribution in [0.25, 0.3) is 11.1 Å². The van der Waals surface area contributed by atoms with Gasteiger partial charge >= 0.3 is 0 Å². The summed E-state index contributed by atoms with van der Waals surface area (Å²) < 4.78 is 0. The Bertz CT molecular complexity index is 878. The van der Waals surface area contributed by atoms with Crippen LogP contribution in [0.15, 0.2) is 65.7 Å². The van der Waals surface area contributed by atoms with Gasteiger partial charge in [0.2, 0.25) is 0 Å². The summed E-state index contributed by atoms with van der Waals surface area (Å²) >= 11 is 0. The zero-order valence-corrected chi connectivity index (χ0v) is 12.5. The predicted octanol–water partition coefficient (Wildman–Crippen LogP) is 4.71. The van der Waals surface area contributed by atoms with E-state index in [0.29, 0.717) is 0 Å². The van der Waals surface area contributed by atoms with Crippen molar-refractivity contribution < 1.29 is 0 Å². The first-order chi connectivity index (χ1) is 10.8.